The molecule has 0 bridgehead atoms. The van der Waals surface area contributed by atoms with E-state index in [-0.39, 0.29) is 11.5 Å². The number of aromatic nitrogens is 3. The molecule has 1 aromatic heterocycles. The summed E-state index contributed by atoms with van der Waals surface area (Å²) < 4.78 is 0. The van der Waals surface area contributed by atoms with Gasteiger partial charge < -0.3 is 5.32 Å². The number of rotatable bonds is 4. The molecule has 0 aliphatic rings. The summed E-state index contributed by atoms with van der Waals surface area (Å²) in [5.74, 6) is 0.227. The van der Waals surface area contributed by atoms with Gasteiger partial charge in [0, 0.05) is 22.2 Å². The van der Waals surface area contributed by atoms with Crippen LogP contribution in [-0.2, 0) is 6.42 Å². The van der Waals surface area contributed by atoms with Gasteiger partial charge in [0.25, 0.3) is 5.56 Å². The number of anilines is 2. The molecule has 5 nitrogen and oxygen atoms in total. The highest BCUT2D eigenvalue weighted by molar-refractivity contribution is 6.35. The Morgan fingerprint density at radius 1 is 1.00 bits per heavy atom. The molecule has 2 N–H and O–H groups in total. The Morgan fingerprint density at radius 3 is 2.35 bits per heavy atom. The van der Waals surface area contributed by atoms with Crippen molar-refractivity contribution >= 4 is 34.8 Å². The van der Waals surface area contributed by atoms with E-state index in [1.807, 2.05) is 30.3 Å². The normalized spacial score (nSPS) is 10.5. The molecule has 0 saturated heterocycles. The average molecular weight is 347 g/mol. The molecule has 0 radical (unpaired) electrons. The van der Waals surface area contributed by atoms with E-state index in [0.29, 0.717) is 27.8 Å². The van der Waals surface area contributed by atoms with Crippen LogP contribution in [0.5, 0.6) is 0 Å². The Bertz CT molecular complexity index is 860. The second-order valence-electron chi connectivity index (χ2n) is 4.89. The third kappa shape index (κ3) is 4.09. The molecule has 0 aliphatic carbocycles. The first kappa shape index (κ1) is 15.5. The average Bonchev–Trinajstić information content (AvgIpc) is 2.50. The van der Waals surface area contributed by atoms with Crippen LogP contribution in [0, 0.1) is 0 Å². The predicted octanol–water partition coefficient (Wildman–Crippen LogP) is 3.81. The molecule has 116 valence electrons. The van der Waals surface area contributed by atoms with Crippen molar-refractivity contribution in [3.05, 3.63) is 80.2 Å². The van der Waals surface area contributed by atoms with Crippen molar-refractivity contribution in [2.45, 2.75) is 6.42 Å². The highest BCUT2D eigenvalue weighted by Crippen LogP contribution is 2.23. The smallest absolute Gasteiger partial charge is 0.274 e. The standard InChI is InChI=1S/C16H12Cl2N4O/c17-11-7-12(18)9-13(8-11)19-16-20-15(23)14(21-22-16)6-10-4-2-1-3-5-10/h1-5,7-9H,6H2,(H2,19,20,22,23). The summed E-state index contributed by atoms with van der Waals surface area (Å²) in [5.41, 5.74) is 1.67. The largest absolute Gasteiger partial charge is 0.324 e. The van der Waals surface area contributed by atoms with Crippen molar-refractivity contribution in [2.75, 3.05) is 5.32 Å². The molecule has 3 aromatic rings. The number of halogens is 2. The van der Waals surface area contributed by atoms with Crippen molar-refractivity contribution in [2.24, 2.45) is 0 Å². The van der Waals surface area contributed by atoms with Crippen molar-refractivity contribution in [1.82, 2.24) is 15.2 Å². The molecule has 1 heterocycles. The van der Waals surface area contributed by atoms with Gasteiger partial charge in [0.05, 0.1) is 0 Å². The Balaban J connectivity index is 1.80. The fourth-order valence-electron chi connectivity index (χ4n) is 2.08. The van der Waals surface area contributed by atoms with E-state index in [4.69, 9.17) is 23.2 Å². The third-order valence-electron chi connectivity index (χ3n) is 3.10. The number of hydrogen-bond acceptors (Lipinski definition) is 4. The van der Waals surface area contributed by atoms with Gasteiger partial charge in [0.2, 0.25) is 5.95 Å². The molecular formula is C16H12Cl2N4O. The molecule has 0 fully saturated rings. The van der Waals surface area contributed by atoms with Gasteiger partial charge in [0.1, 0.15) is 5.69 Å². The third-order valence-corrected chi connectivity index (χ3v) is 3.54. The van der Waals surface area contributed by atoms with Crippen LogP contribution in [0.1, 0.15) is 11.3 Å². The zero-order valence-electron chi connectivity index (χ0n) is 11.9. The van der Waals surface area contributed by atoms with Crippen LogP contribution in [0.25, 0.3) is 0 Å². The van der Waals surface area contributed by atoms with Crippen LogP contribution in [0.3, 0.4) is 0 Å². The summed E-state index contributed by atoms with van der Waals surface area (Å²) >= 11 is 11.9. The zero-order valence-corrected chi connectivity index (χ0v) is 13.4. The maximum Gasteiger partial charge on any atom is 0.274 e. The summed E-state index contributed by atoms with van der Waals surface area (Å²) in [6, 6.07) is 14.6. The summed E-state index contributed by atoms with van der Waals surface area (Å²) in [6.07, 6.45) is 0.423. The molecule has 7 heteroatoms. The molecule has 0 saturated carbocycles. The molecule has 23 heavy (non-hydrogen) atoms. The Hall–Kier alpha value is -2.37. The fourth-order valence-corrected chi connectivity index (χ4v) is 2.61. The Morgan fingerprint density at radius 2 is 1.70 bits per heavy atom. The minimum Gasteiger partial charge on any atom is -0.324 e. The van der Waals surface area contributed by atoms with Crippen molar-refractivity contribution < 1.29 is 0 Å². The predicted molar refractivity (Wildman–Crippen MR) is 91.6 cm³/mol. The number of H-pyrrole nitrogens is 1. The Kier molecular flexibility index (Phi) is 4.60. The highest BCUT2D eigenvalue weighted by atomic mass is 35.5. The fraction of sp³-hybridized carbons (Fsp3) is 0.0625. The van der Waals surface area contributed by atoms with E-state index in [2.05, 4.69) is 20.5 Å². The minimum atomic E-state index is -0.292. The van der Waals surface area contributed by atoms with Gasteiger partial charge in [-0.2, -0.15) is 0 Å². The molecule has 3 rings (SSSR count). The minimum absolute atomic E-state index is 0.227. The second-order valence-corrected chi connectivity index (χ2v) is 5.77. The van der Waals surface area contributed by atoms with Crippen LogP contribution in [0.15, 0.2) is 53.3 Å². The lowest BCUT2D eigenvalue weighted by Gasteiger charge is -2.06. The summed E-state index contributed by atoms with van der Waals surface area (Å²) in [4.78, 5) is 14.8. The molecule has 0 amide bonds. The van der Waals surface area contributed by atoms with E-state index in [0.717, 1.165) is 5.56 Å². The number of hydrogen-bond donors (Lipinski definition) is 2. The van der Waals surface area contributed by atoms with Crippen molar-refractivity contribution in [1.29, 1.82) is 0 Å². The Labute approximate surface area is 142 Å². The van der Waals surface area contributed by atoms with E-state index in [1.165, 1.54) is 0 Å². The van der Waals surface area contributed by atoms with Gasteiger partial charge in [-0.15, -0.1) is 10.2 Å². The maximum absolute atomic E-state index is 12.1. The highest BCUT2D eigenvalue weighted by Gasteiger charge is 2.07. The lowest BCUT2D eigenvalue weighted by atomic mass is 10.1. The van der Waals surface area contributed by atoms with Crippen LogP contribution >= 0.6 is 23.2 Å². The van der Waals surface area contributed by atoms with E-state index >= 15 is 0 Å². The number of benzene rings is 2. The lowest BCUT2D eigenvalue weighted by Crippen LogP contribution is -2.18. The first-order chi connectivity index (χ1) is 11.1. The van der Waals surface area contributed by atoms with Gasteiger partial charge in [-0.3, -0.25) is 9.78 Å². The second kappa shape index (κ2) is 6.81. The quantitative estimate of drug-likeness (QED) is 0.753. The first-order valence-electron chi connectivity index (χ1n) is 6.83. The topological polar surface area (TPSA) is 70.7 Å². The van der Waals surface area contributed by atoms with E-state index in [1.54, 1.807) is 18.2 Å². The van der Waals surface area contributed by atoms with Crippen LogP contribution < -0.4 is 10.9 Å². The number of nitrogens with one attached hydrogen (secondary N) is 2. The van der Waals surface area contributed by atoms with Crippen LogP contribution in [0.4, 0.5) is 11.6 Å². The number of nitrogens with zero attached hydrogens (tertiary/aromatic N) is 2. The molecular weight excluding hydrogens is 335 g/mol. The lowest BCUT2D eigenvalue weighted by molar-refractivity contribution is 0.874. The van der Waals surface area contributed by atoms with E-state index in [9.17, 15) is 4.79 Å². The van der Waals surface area contributed by atoms with Crippen molar-refractivity contribution in [3.63, 3.8) is 0 Å². The number of aromatic amines is 1. The van der Waals surface area contributed by atoms with Gasteiger partial charge >= 0.3 is 0 Å². The summed E-state index contributed by atoms with van der Waals surface area (Å²) in [6.45, 7) is 0. The zero-order chi connectivity index (χ0) is 16.2. The van der Waals surface area contributed by atoms with Crippen LogP contribution in [0.2, 0.25) is 10.0 Å². The maximum atomic E-state index is 12.1. The van der Waals surface area contributed by atoms with Gasteiger partial charge in [-0.25, -0.2) is 0 Å². The molecule has 0 atom stereocenters. The van der Waals surface area contributed by atoms with Crippen molar-refractivity contribution in [3.8, 4) is 0 Å². The molecule has 0 aliphatic heterocycles. The summed E-state index contributed by atoms with van der Waals surface area (Å²) in [5, 5.41) is 11.9. The SMILES string of the molecule is O=c1[nH]c(Nc2cc(Cl)cc(Cl)c2)nnc1Cc1ccccc1. The monoisotopic (exact) mass is 346 g/mol. The van der Waals surface area contributed by atoms with Gasteiger partial charge in [-0.1, -0.05) is 53.5 Å². The molecule has 0 unspecified atom stereocenters. The first-order valence-corrected chi connectivity index (χ1v) is 7.59. The van der Waals surface area contributed by atoms with Gasteiger partial charge in [0.15, 0.2) is 0 Å². The molecule has 0 spiro atoms. The molecule has 2 aromatic carbocycles. The van der Waals surface area contributed by atoms with Gasteiger partial charge in [-0.05, 0) is 23.8 Å². The summed E-state index contributed by atoms with van der Waals surface area (Å²) in [7, 11) is 0. The van der Waals surface area contributed by atoms with Crippen LogP contribution in [-0.4, -0.2) is 15.2 Å². The van der Waals surface area contributed by atoms with E-state index < -0.39 is 0 Å².